The van der Waals surface area contributed by atoms with Crippen LogP contribution in [0.1, 0.15) is 26.3 Å². The lowest BCUT2D eigenvalue weighted by molar-refractivity contribution is 0.490. The summed E-state index contributed by atoms with van der Waals surface area (Å²) in [7, 11) is -3.10. The van der Waals surface area contributed by atoms with Gasteiger partial charge in [0.05, 0.1) is 16.1 Å². The average molecular weight is 334 g/mol. The SMILES string of the molecule is CCS(=O)(=O)c1ccc(C(C)(C)CNCBr)cc1. The van der Waals surface area contributed by atoms with E-state index in [1.54, 1.807) is 19.1 Å². The topological polar surface area (TPSA) is 46.2 Å². The average Bonchev–Trinajstić information content (AvgIpc) is 2.36. The van der Waals surface area contributed by atoms with Crippen LogP contribution in [0, 0.1) is 0 Å². The Labute approximate surface area is 118 Å². The molecule has 0 heterocycles. The summed E-state index contributed by atoms with van der Waals surface area (Å²) >= 11 is 3.33. The summed E-state index contributed by atoms with van der Waals surface area (Å²) in [5.41, 5.74) is 1.85. The zero-order valence-electron chi connectivity index (χ0n) is 11.0. The molecule has 1 rings (SSSR count). The minimum absolute atomic E-state index is 0.0255. The number of halogens is 1. The maximum atomic E-state index is 11.7. The van der Waals surface area contributed by atoms with Crippen LogP contribution >= 0.6 is 15.9 Å². The van der Waals surface area contributed by atoms with Crippen LogP contribution in [0.4, 0.5) is 0 Å². The first-order valence-electron chi connectivity index (χ1n) is 5.93. The summed E-state index contributed by atoms with van der Waals surface area (Å²) in [5, 5.41) is 3.24. The second-order valence-electron chi connectivity index (χ2n) is 4.87. The van der Waals surface area contributed by atoms with Crippen LogP contribution in [-0.4, -0.2) is 26.2 Å². The van der Waals surface area contributed by atoms with Gasteiger partial charge in [0, 0.05) is 12.0 Å². The highest BCUT2D eigenvalue weighted by Gasteiger charge is 2.20. The van der Waals surface area contributed by atoms with E-state index in [4.69, 9.17) is 0 Å². The molecule has 0 saturated heterocycles. The van der Waals surface area contributed by atoms with Crippen LogP contribution in [0.25, 0.3) is 0 Å². The summed E-state index contributed by atoms with van der Waals surface area (Å²) in [6.07, 6.45) is 0. The van der Waals surface area contributed by atoms with Gasteiger partial charge in [-0.3, -0.25) is 0 Å². The first kappa shape index (κ1) is 15.7. The summed E-state index contributed by atoms with van der Waals surface area (Å²) in [6.45, 7) is 6.75. The third kappa shape index (κ3) is 3.80. The number of hydrogen-bond acceptors (Lipinski definition) is 3. The van der Waals surface area contributed by atoms with E-state index in [9.17, 15) is 8.42 Å². The number of benzene rings is 1. The molecule has 1 aromatic rings. The van der Waals surface area contributed by atoms with E-state index >= 15 is 0 Å². The molecule has 0 aliphatic carbocycles. The number of alkyl halides is 1. The lowest BCUT2D eigenvalue weighted by Gasteiger charge is -2.25. The van der Waals surface area contributed by atoms with E-state index < -0.39 is 9.84 Å². The third-order valence-corrected chi connectivity index (χ3v) is 5.18. The lowest BCUT2D eigenvalue weighted by atomic mass is 9.85. The van der Waals surface area contributed by atoms with Crippen molar-refractivity contribution in [3.63, 3.8) is 0 Å². The normalized spacial score (nSPS) is 12.7. The molecule has 1 aromatic carbocycles. The molecule has 0 amide bonds. The molecular weight excluding hydrogens is 314 g/mol. The number of sulfone groups is 1. The third-order valence-electron chi connectivity index (χ3n) is 3.04. The van der Waals surface area contributed by atoms with Gasteiger partial charge in [-0.15, -0.1) is 0 Å². The molecule has 0 spiro atoms. The van der Waals surface area contributed by atoms with Crippen molar-refractivity contribution in [3.05, 3.63) is 29.8 Å². The Kier molecular flexibility index (Phi) is 5.37. The van der Waals surface area contributed by atoms with Crippen molar-refractivity contribution >= 4 is 25.8 Å². The van der Waals surface area contributed by atoms with Crippen molar-refractivity contribution in [2.75, 3.05) is 17.8 Å². The zero-order valence-corrected chi connectivity index (χ0v) is 13.4. The van der Waals surface area contributed by atoms with E-state index in [1.165, 1.54) is 0 Å². The monoisotopic (exact) mass is 333 g/mol. The molecule has 0 aromatic heterocycles. The van der Waals surface area contributed by atoms with Gasteiger partial charge in [0.15, 0.2) is 9.84 Å². The molecule has 102 valence electrons. The van der Waals surface area contributed by atoms with Gasteiger partial charge >= 0.3 is 0 Å². The molecule has 0 aliphatic rings. The number of rotatable bonds is 6. The Morgan fingerprint density at radius 1 is 1.22 bits per heavy atom. The predicted molar refractivity (Wildman–Crippen MR) is 79.0 cm³/mol. The molecule has 5 heteroatoms. The number of nitrogens with one attached hydrogen (secondary N) is 1. The Morgan fingerprint density at radius 2 is 1.78 bits per heavy atom. The molecule has 0 atom stereocenters. The van der Waals surface area contributed by atoms with Gasteiger partial charge in [-0.2, -0.15) is 0 Å². The second-order valence-corrected chi connectivity index (χ2v) is 7.71. The molecule has 0 bridgehead atoms. The Bertz CT molecular complexity index is 480. The van der Waals surface area contributed by atoms with Gasteiger partial charge < -0.3 is 5.32 Å². The zero-order chi connectivity index (χ0) is 13.8. The van der Waals surface area contributed by atoms with Crippen molar-refractivity contribution in [1.29, 1.82) is 0 Å². The van der Waals surface area contributed by atoms with Crippen LogP contribution in [0.2, 0.25) is 0 Å². The first-order valence-corrected chi connectivity index (χ1v) is 8.71. The van der Waals surface area contributed by atoms with E-state index in [2.05, 4.69) is 35.1 Å². The number of hydrogen-bond donors (Lipinski definition) is 1. The van der Waals surface area contributed by atoms with Gasteiger partial charge in [-0.25, -0.2) is 8.42 Å². The quantitative estimate of drug-likeness (QED) is 0.643. The molecule has 0 unspecified atom stereocenters. The van der Waals surface area contributed by atoms with Gasteiger partial charge in [-0.05, 0) is 17.7 Å². The standard InChI is InChI=1S/C13H20BrNO2S/c1-4-18(16,17)12-7-5-11(6-8-12)13(2,3)9-15-10-14/h5-8,15H,4,9-10H2,1-3H3. The van der Waals surface area contributed by atoms with Crippen molar-refractivity contribution in [3.8, 4) is 0 Å². The van der Waals surface area contributed by atoms with Crippen LogP contribution in [0.15, 0.2) is 29.2 Å². The Hall–Kier alpha value is -0.390. The molecule has 0 saturated carbocycles. The van der Waals surface area contributed by atoms with E-state index in [-0.39, 0.29) is 11.2 Å². The molecule has 3 nitrogen and oxygen atoms in total. The lowest BCUT2D eigenvalue weighted by Crippen LogP contribution is -2.32. The summed E-state index contributed by atoms with van der Waals surface area (Å²) in [6, 6.07) is 7.20. The molecule has 18 heavy (non-hydrogen) atoms. The molecular formula is C13H20BrNO2S. The highest BCUT2D eigenvalue weighted by molar-refractivity contribution is 9.09. The summed E-state index contributed by atoms with van der Waals surface area (Å²) in [5.74, 6) is 0.140. The molecule has 0 fully saturated rings. The smallest absolute Gasteiger partial charge is 0.178 e. The van der Waals surface area contributed by atoms with Gasteiger partial charge in [0.25, 0.3) is 0 Å². The van der Waals surface area contributed by atoms with Crippen LogP contribution < -0.4 is 5.32 Å². The maximum absolute atomic E-state index is 11.7. The Morgan fingerprint density at radius 3 is 2.22 bits per heavy atom. The summed E-state index contributed by atoms with van der Waals surface area (Å²) in [4.78, 5) is 0.401. The molecule has 1 N–H and O–H groups in total. The fourth-order valence-corrected chi connectivity index (χ4v) is 2.82. The van der Waals surface area contributed by atoms with Gasteiger partial charge in [-0.1, -0.05) is 48.8 Å². The minimum Gasteiger partial charge on any atom is -0.306 e. The van der Waals surface area contributed by atoms with Crippen LogP contribution in [-0.2, 0) is 15.3 Å². The fourth-order valence-electron chi connectivity index (χ4n) is 1.74. The van der Waals surface area contributed by atoms with Crippen molar-refractivity contribution < 1.29 is 8.42 Å². The Balaban J connectivity index is 2.96. The highest BCUT2D eigenvalue weighted by atomic mass is 79.9. The summed E-state index contributed by atoms with van der Waals surface area (Å²) < 4.78 is 23.4. The van der Waals surface area contributed by atoms with Crippen LogP contribution in [0.3, 0.4) is 0 Å². The largest absolute Gasteiger partial charge is 0.306 e. The van der Waals surface area contributed by atoms with Crippen molar-refractivity contribution in [2.45, 2.75) is 31.1 Å². The van der Waals surface area contributed by atoms with Crippen molar-refractivity contribution in [2.24, 2.45) is 0 Å². The van der Waals surface area contributed by atoms with E-state index in [0.717, 1.165) is 17.6 Å². The molecule has 0 aliphatic heterocycles. The highest BCUT2D eigenvalue weighted by Crippen LogP contribution is 2.24. The minimum atomic E-state index is -3.10. The van der Waals surface area contributed by atoms with E-state index in [0.29, 0.717) is 4.90 Å². The van der Waals surface area contributed by atoms with Crippen molar-refractivity contribution in [1.82, 2.24) is 5.32 Å². The van der Waals surface area contributed by atoms with Crippen LogP contribution in [0.5, 0.6) is 0 Å². The van der Waals surface area contributed by atoms with E-state index in [1.807, 2.05) is 12.1 Å². The first-order chi connectivity index (χ1) is 8.33. The van der Waals surface area contributed by atoms with Gasteiger partial charge in [0.2, 0.25) is 0 Å². The fraction of sp³-hybridized carbons (Fsp3) is 0.538. The maximum Gasteiger partial charge on any atom is 0.178 e. The molecule has 0 radical (unpaired) electrons. The predicted octanol–water partition coefficient (Wildman–Crippen LogP) is 2.70. The van der Waals surface area contributed by atoms with Gasteiger partial charge in [0.1, 0.15) is 0 Å². The second kappa shape index (κ2) is 6.17.